The number of hydrogen-bond acceptors (Lipinski definition) is 6. The second-order valence-corrected chi connectivity index (χ2v) is 6.64. The van der Waals surface area contributed by atoms with Crippen LogP contribution in [0.25, 0.3) is 0 Å². The molecule has 0 aliphatic carbocycles. The summed E-state index contributed by atoms with van der Waals surface area (Å²) in [4.78, 5) is 42.5. The molecule has 10 nitrogen and oxygen atoms in total. The van der Waals surface area contributed by atoms with Crippen LogP contribution in [0.3, 0.4) is 0 Å². The fraction of sp³-hybridized carbons (Fsp3) is 0.625. The molecule has 10 heteroatoms. The average Bonchev–Trinajstić information content (AvgIpc) is 3.03. The average molecular weight is 369 g/mol. The van der Waals surface area contributed by atoms with Crippen molar-refractivity contribution in [1.82, 2.24) is 20.6 Å². The molecule has 1 aromatic rings. The number of H-pyrrole nitrogens is 1. The fourth-order valence-corrected chi connectivity index (χ4v) is 2.35. The molecule has 0 spiro atoms. The number of aliphatic hydroxyl groups excluding tert-OH is 1. The summed E-state index contributed by atoms with van der Waals surface area (Å²) in [7, 11) is 0. The lowest BCUT2D eigenvalue weighted by molar-refractivity contribution is -0.143. The lowest BCUT2D eigenvalue weighted by Gasteiger charge is -2.25. The number of carbonyl (C=O) groups is 3. The molecule has 26 heavy (non-hydrogen) atoms. The van der Waals surface area contributed by atoms with Crippen molar-refractivity contribution in [2.24, 2.45) is 11.7 Å². The Balaban J connectivity index is 2.72. The predicted molar refractivity (Wildman–Crippen MR) is 92.9 cm³/mol. The van der Waals surface area contributed by atoms with Crippen molar-refractivity contribution in [3.63, 3.8) is 0 Å². The summed E-state index contributed by atoms with van der Waals surface area (Å²) in [5.74, 6) is -2.57. The molecular weight excluding hydrogens is 342 g/mol. The summed E-state index contributed by atoms with van der Waals surface area (Å²) in [5.41, 5.74) is 6.45. The molecule has 7 N–H and O–H groups in total. The maximum absolute atomic E-state index is 12.3. The van der Waals surface area contributed by atoms with Crippen LogP contribution in [0, 0.1) is 5.92 Å². The van der Waals surface area contributed by atoms with E-state index in [-0.39, 0.29) is 18.8 Å². The van der Waals surface area contributed by atoms with E-state index >= 15 is 0 Å². The summed E-state index contributed by atoms with van der Waals surface area (Å²) >= 11 is 0. The van der Waals surface area contributed by atoms with E-state index in [4.69, 9.17) is 5.73 Å². The zero-order chi connectivity index (χ0) is 19.9. The van der Waals surface area contributed by atoms with Crippen molar-refractivity contribution in [3.05, 3.63) is 18.2 Å². The second kappa shape index (κ2) is 9.88. The molecular formula is C16H27N5O5. The third-order valence-corrected chi connectivity index (χ3v) is 3.72. The van der Waals surface area contributed by atoms with Crippen molar-refractivity contribution in [1.29, 1.82) is 0 Å². The number of aliphatic hydroxyl groups is 1. The van der Waals surface area contributed by atoms with Gasteiger partial charge >= 0.3 is 5.97 Å². The highest BCUT2D eigenvalue weighted by molar-refractivity contribution is 5.92. The molecule has 0 fully saturated rings. The van der Waals surface area contributed by atoms with Crippen LogP contribution in [0.5, 0.6) is 0 Å². The van der Waals surface area contributed by atoms with E-state index in [0.717, 1.165) is 0 Å². The molecule has 1 heterocycles. The summed E-state index contributed by atoms with van der Waals surface area (Å²) in [6.07, 6.45) is 2.14. The van der Waals surface area contributed by atoms with Crippen LogP contribution in [0.2, 0.25) is 0 Å². The van der Waals surface area contributed by atoms with Crippen LogP contribution in [-0.4, -0.2) is 62.2 Å². The quantitative estimate of drug-likeness (QED) is 0.299. The van der Waals surface area contributed by atoms with Gasteiger partial charge in [0.2, 0.25) is 11.8 Å². The monoisotopic (exact) mass is 369 g/mol. The second-order valence-electron chi connectivity index (χ2n) is 6.64. The molecule has 4 atom stereocenters. The van der Waals surface area contributed by atoms with Crippen LogP contribution in [-0.2, 0) is 20.8 Å². The molecule has 2 amide bonds. The summed E-state index contributed by atoms with van der Waals surface area (Å²) in [6.45, 7) is 4.97. The number of nitrogens with zero attached hydrogens (tertiary/aromatic N) is 1. The zero-order valence-electron chi connectivity index (χ0n) is 15.1. The molecule has 0 saturated heterocycles. The minimum absolute atomic E-state index is 0.0406. The number of imidazole rings is 1. The molecule has 1 aromatic heterocycles. The predicted octanol–water partition coefficient (Wildman–Crippen LogP) is -1.24. The van der Waals surface area contributed by atoms with Crippen molar-refractivity contribution in [2.75, 3.05) is 0 Å². The largest absolute Gasteiger partial charge is 0.480 e. The van der Waals surface area contributed by atoms with Gasteiger partial charge in [0.25, 0.3) is 0 Å². The first kappa shape index (κ1) is 21.6. The van der Waals surface area contributed by atoms with Crippen molar-refractivity contribution < 1.29 is 24.6 Å². The first-order valence-corrected chi connectivity index (χ1v) is 8.36. The number of carboxylic acid groups (broad SMARTS) is 1. The van der Waals surface area contributed by atoms with Gasteiger partial charge < -0.3 is 31.6 Å². The lowest BCUT2D eigenvalue weighted by atomic mass is 10.0. The Bertz CT molecular complexity index is 602. The van der Waals surface area contributed by atoms with Crippen molar-refractivity contribution in [3.8, 4) is 0 Å². The molecule has 0 aliphatic heterocycles. The van der Waals surface area contributed by atoms with E-state index in [1.54, 1.807) is 0 Å². The Hall–Kier alpha value is -2.46. The van der Waals surface area contributed by atoms with Gasteiger partial charge in [-0.15, -0.1) is 0 Å². The number of nitrogens with two attached hydrogens (primary N) is 1. The smallest absolute Gasteiger partial charge is 0.326 e. The van der Waals surface area contributed by atoms with Crippen molar-refractivity contribution >= 4 is 17.8 Å². The molecule has 0 aliphatic rings. The zero-order valence-corrected chi connectivity index (χ0v) is 15.1. The van der Waals surface area contributed by atoms with E-state index in [1.165, 1.54) is 19.4 Å². The number of aromatic nitrogens is 2. The highest BCUT2D eigenvalue weighted by atomic mass is 16.4. The number of rotatable bonds is 10. The molecule has 0 aromatic carbocycles. The van der Waals surface area contributed by atoms with Gasteiger partial charge in [-0.25, -0.2) is 9.78 Å². The Morgan fingerprint density at radius 1 is 1.23 bits per heavy atom. The van der Waals surface area contributed by atoms with Crippen LogP contribution >= 0.6 is 0 Å². The maximum atomic E-state index is 12.3. The number of carbonyl (C=O) groups excluding carboxylic acids is 2. The highest BCUT2D eigenvalue weighted by Gasteiger charge is 2.31. The molecule has 146 valence electrons. The Morgan fingerprint density at radius 2 is 1.88 bits per heavy atom. The first-order chi connectivity index (χ1) is 12.1. The lowest BCUT2D eigenvalue weighted by Crippen LogP contribution is -2.58. The summed E-state index contributed by atoms with van der Waals surface area (Å²) < 4.78 is 0. The van der Waals surface area contributed by atoms with Crippen LogP contribution in [0.15, 0.2) is 12.5 Å². The first-order valence-electron chi connectivity index (χ1n) is 8.36. The Kier molecular flexibility index (Phi) is 8.20. The van der Waals surface area contributed by atoms with Gasteiger partial charge in [-0.05, 0) is 19.3 Å². The molecule has 0 saturated carbocycles. The van der Waals surface area contributed by atoms with Crippen LogP contribution in [0.1, 0.15) is 32.9 Å². The number of nitrogens with one attached hydrogen (secondary N) is 3. The van der Waals surface area contributed by atoms with Gasteiger partial charge in [-0.3, -0.25) is 9.59 Å². The SMILES string of the molecule is CC(C)CC(NC(=O)C(NC(=O)C(N)Cc1cnc[nH]1)C(C)O)C(=O)O. The summed E-state index contributed by atoms with van der Waals surface area (Å²) in [6, 6.07) is -3.39. The van der Waals surface area contributed by atoms with Crippen molar-refractivity contribution in [2.45, 2.75) is 57.8 Å². The van der Waals surface area contributed by atoms with E-state index in [2.05, 4.69) is 20.6 Å². The van der Waals surface area contributed by atoms with Gasteiger partial charge in [0.15, 0.2) is 0 Å². The number of aliphatic carboxylic acids is 1. The number of hydrogen-bond donors (Lipinski definition) is 6. The van der Waals surface area contributed by atoms with E-state index in [1.807, 2.05) is 13.8 Å². The maximum Gasteiger partial charge on any atom is 0.326 e. The highest BCUT2D eigenvalue weighted by Crippen LogP contribution is 2.06. The van der Waals surface area contributed by atoms with E-state index in [0.29, 0.717) is 5.69 Å². The Morgan fingerprint density at radius 3 is 2.35 bits per heavy atom. The Labute approximate surface area is 151 Å². The van der Waals surface area contributed by atoms with Gasteiger partial charge in [-0.2, -0.15) is 0 Å². The number of amides is 2. The minimum Gasteiger partial charge on any atom is -0.480 e. The molecule has 0 bridgehead atoms. The topological polar surface area (TPSA) is 170 Å². The van der Waals surface area contributed by atoms with Crippen LogP contribution < -0.4 is 16.4 Å². The van der Waals surface area contributed by atoms with Crippen LogP contribution in [0.4, 0.5) is 0 Å². The molecule has 0 radical (unpaired) electrons. The third kappa shape index (κ3) is 6.81. The van der Waals surface area contributed by atoms with Gasteiger partial charge in [0.1, 0.15) is 12.1 Å². The van der Waals surface area contributed by atoms with Gasteiger partial charge in [0.05, 0.1) is 18.5 Å². The van der Waals surface area contributed by atoms with Gasteiger partial charge in [-0.1, -0.05) is 13.8 Å². The normalized spacial score (nSPS) is 15.8. The fourth-order valence-electron chi connectivity index (χ4n) is 2.35. The van der Waals surface area contributed by atoms with E-state index in [9.17, 15) is 24.6 Å². The number of aromatic amines is 1. The van der Waals surface area contributed by atoms with E-state index < -0.39 is 42.0 Å². The minimum atomic E-state index is -1.32. The summed E-state index contributed by atoms with van der Waals surface area (Å²) in [5, 5.41) is 23.8. The molecule has 4 unspecified atom stereocenters. The third-order valence-electron chi connectivity index (χ3n) is 3.72. The van der Waals surface area contributed by atoms with Gasteiger partial charge in [0, 0.05) is 18.3 Å². The number of carboxylic acids is 1. The standard InChI is InChI=1S/C16H27N5O5/c1-8(2)4-12(16(25)26)20-15(24)13(9(3)22)21-14(23)11(17)5-10-6-18-7-19-10/h6-9,11-13,22H,4-5,17H2,1-3H3,(H,18,19)(H,20,24)(H,21,23)(H,25,26). The molecule has 1 rings (SSSR count).